The molecule has 1 N–H and O–H groups in total. The Hall–Kier alpha value is -0.890. The molecule has 0 amide bonds. The molecule has 1 heterocycles. The summed E-state index contributed by atoms with van der Waals surface area (Å²) in [4.78, 5) is 4.19. The number of aryl methyl sites for hydroxylation is 1. The van der Waals surface area contributed by atoms with Gasteiger partial charge in [-0.3, -0.25) is 4.98 Å². The van der Waals surface area contributed by atoms with Crippen LogP contribution in [0.5, 0.6) is 0 Å². The van der Waals surface area contributed by atoms with Crippen LogP contribution in [0.25, 0.3) is 0 Å². The van der Waals surface area contributed by atoms with Gasteiger partial charge in [0.15, 0.2) is 0 Å². The average Bonchev–Trinajstić information content (AvgIpc) is 2.13. The van der Waals surface area contributed by atoms with E-state index >= 15 is 0 Å². The highest BCUT2D eigenvalue weighted by molar-refractivity contribution is 5.16. The van der Waals surface area contributed by atoms with Gasteiger partial charge in [-0.1, -0.05) is 20.8 Å². The predicted molar refractivity (Wildman–Crippen MR) is 62.6 cm³/mol. The van der Waals surface area contributed by atoms with E-state index in [1.807, 2.05) is 19.1 Å². The summed E-state index contributed by atoms with van der Waals surface area (Å²) in [6.45, 7) is 8.57. The van der Waals surface area contributed by atoms with Crippen molar-refractivity contribution < 1.29 is 5.11 Å². The molecule has 1 aromatic heterocycles. The van der Waals surface area contributed by atoms with E-state index < -0.39 is 6.10 Å². The van der Waals surface area contributed by atoms with E-state index in [1.165, 1.54) is 0 Å². The number of pyridine rings is 1. The molecular weight excluding hydrogens is 186 g/mol. The maximum absolute atomic E-state index is 9.95. The highest BCUT2D eigenvalue weighted by Gasteiger charge is 2.15. The molecule has 1 rings (SSSR count). The van der Waals surface area contributed by atoms with E-state index in [1.54, 1.807) is 6.20 Å². The minimum absolute atomic E-state index is 0.269. The van der Waals surface area contributed by atoms with Gasteiger partial charge in [0, 0.05) is 6.20 Å². The van der Waals surface area contributed by atoms with Gasteiger partial charge in [0.2, 0.25) is 0 Å². The van der Waals surface area contributed by atoms with Crippen molar-refractivity contribution in [1.82, 2.24) is 4.98 Å². The Morgan fingerprint density at radius 2 is 2.07 bits per heavy atom. The van der Waals surface area contributed by atoms with Crippen molar-refractivity contribution in [3.63, 3.8) is 0 Å². The summed E-state index contributed by atoms with van der Waals surface area (Å²) in [5.74, 6) is 0. The van der Waals surface area contributed by atoms with Gasteiger partial charge in [0.1, 0.15) is 0 Å². The molecule has 0 aliphatic carbocycles. The van der Waals surface area contributed by atoms with E-state index in [9.17, 15) is 5.11 Å². The van der Waals surface area contributed by atoms with Gasteiger partial charge in [-0.25, -0.2) is 0 Å². The molecular formula is C13H21NO. The Bertz CT molecular complexity index is 315. The molecule has 0 saturated carbocycles. The number of aliphatic hydroxyl groups is 1. The van der Waals surface area contributed by atoms with Gasteiger partial charge < -0.3 is 5.11 Å². The van der Waals surface area contributed by atoms with Gasteiger partial charge in [0.05, 0.1) is 11.8 Å². The Kier molecular flexibility index (Phi) is 3.86. The summed E-state index contributed by atoms with van der Waals surface area (Å²) in [7, 11) is 0. The van der Waals surface area contributed by atoms with Crippen LogP contribution in [0.15, 0.2) is 18.3 Å². The van der Waals surface area contributed by atoms with Crippen LogP contribution < -0.4 is 0 Å². The summed E-state index contributed by atoms with van der Waals surface area (Å²) >= 11 is 0. The molecule has 0 fully saturated rings. The standard InChI is InChI=1S/C13H21NO/c1-10-6-8-14-11(9-10)12(15)5-7-13(2,3)4/h6,8-9,12,15H,5,7H2,1-4H3. The summed E-state index contributed by atoms with van der Waals surface area (Å²) in [6, 6.07) is 3.90. The van der Waals surface area contributed by atoms with Crippen LogP contribution in [-0.2, 0) is 0 Å². The van der Waals surface area contributed by atoms with E-state index in [2.05, 4.69) is 25.8 Å². The molecule has 0 aliphatic rings. The molecule has 0 spiro atoms. The van der Waals surface area contributed by atoms with Gasteiger partial charge in [-0.15, -0.1) is 0 Å². The number of aromatic nitrogens is 1. The molecule has 1 atom stereocenters. The number of nitrogens with zero attached hydrogens (tertiary/aromatic N) is 1. The van der Waals surface area contributed by atoms with Crippen LogP contribution in [-0.4, -0.2) is 10.1 Å². The molecule has 1 aromatic rings. The SMILES string of the molecule is Cc1ccnc(C(O)CCC(C)(C)C)c1. The summed E-state index contributed by atoms with van der Waals surface area (Å²) in [6.07, 6.45) is 3.11. The van der Waals surface area contributed by atoms with E-state index in [4.69, 9.17) is 0 Å². The van der Waals surface area contributed by atoms with Crippen LogP contribution in [0, 0.1) is 12.3 Å². The fourth-order valence-corrected chi connectivity index (χ4v) is 1.46. The Balaban J connectivity index is 2.58. The Labute approximate surface area is 92.4 Å². The van der Waals surface area contributed by atoms with Gasteiger partial charge in [-0.2, -0.15) is 0 Å². The lowest BCUT2D eigenvalue weighted by Crippen LogP contribution is -2.09. The first-order chi connectivity index (χ1) is 6.88. The van der Waals surface area contributed by atoms with Crippen molar-refractivity contribution in [2.24, 2.45) is 5.41 Å². The largest absolute Gasteiger partial charge is 0.387 e. The third kappa shape index (κ3) is 4.43. The van der Waals surface area contributed by atoms with Crippen molar-refractivity contribution in [1.29, 1.82) is 0 Å². The maximum atomic E-state index is 9.95. The molecule has 84 valence electrons. The molecule has 0 aliphatic heterocycles. The smallest absolute Gasteiger partial charge is 0.0960 e. The first-order valence-electron chi connectivity index (χ1n) is 5.49. The second-order valence-electron chi connectivity index (χ2n) is 5.37. The zero-order valence-corrected chi connectivity index (χ0v) is 10.1. The normalized spacial score (nSPS) is 13.9. The summed E-state index contributed by atoms with van der Waals surface area (Å²) in [5, 5.41) is 9.95. The zero-order valence-electron chi connectivity index (χ0n) is 10.1. The van der Waals surface area contributed by atoms with Crippen LogP contribution >= 0.6 is 0 Å². The fourth-order valence-electron chi connectivity index (χ4n) is 1.46. The lowest BCUT2D eigenvalue weighted by molar-refractivity contribution is 0.143. The predicted octanol–water partition coefficient (Wildman–Crippen LogP) is 3.25. The average molecular weight is 207 g/mol. The number of hydrogen-bond acceptors (Lipinski definition) is 2. The molecule has 0 radical (unpaired) electrons. The van der Waals surface area contributed by atoms with E-state index in [0.717, 1.165) is 24.1 Å². The molecule has 2 nitrogen and oxygen atoms in total. The van der Waals surface area contributed by atoms with Crippen molar-refractivity contribution in [2.75, 3.05) is 0 Å². The molecule has 0 bridgehead atoms. The van der Waals surface area contributed by atoms with E-state index in [-0.39, 0.29) is 5.41 Å². The summed E-state index contributed by atoms with van der Waals surface area (Å²) in [5.41, 5.74) is 2.21. The summed E-state index contributed by atoms with van der Waals surface area (Å²) < 4.78 is 0. The lowest BCUT2D eigenvalue weighted by atomic mass is 9.88. The quantitative estimate of drug-likeness (QED) is 0.825. The minimum atomic E-state index is -0.427. The first-order valence-corrected chi connectivity index (χ1v) is 5.49. The zero-order chi connectivity index (χ0) is 11.5. The molecule has 2 heteroatoms. The van der Waals surface area contributed by atoms with E-state index in [0.29, 0.717) is 0 Å². The fraction of sp³-hybridized carbons (Fsp3) is 0.615. The van der Waals surface area contributed by atoms with Crippen molar-refractivity contribution in [2.45, 2.75) is 46.6 Å². The minimum Gasteiger partial charge on any atom is -0.387 e. The second-order valence-corrected chi connectivity index (χ2v) is 5.37. The first kappa shape index (κ1) is 12.2. The number of hydrogen-bond donors (Lipinski definition) is 1. The third-order valence-electron chi connectivity index (χ3n) is 2.45. The van der Waals surface area contributed by atoms with Gasteiger partial charge in [-0.05, 0) is 42.9 Å². The van der Waals surface area contributed by atoms with Crippen LogP contribution in [0.2, 0.25) is 0 Å². The lowest BCUT2D eigenvalue weighted by Gasteiger charge is -2.20. The second kappa shape index (κ2) is 4.75. The third-order valence-corrected chi connectivity index (χ3v) is 2.45. The highest BCUT2D eigenvalue weighted by Crippen LogP contribution is 2.26. The van der Waals surface area contributed by atoms with Crippen molar-refractivity contribution in [3.05, 3.63) is 29.6 Å². The maximum Gasteiger partial charge on any atom is 0.0960 e. The molecule has 0 saturated heterocycles. The molecule has 15 heavy (non-hydrogen) atoms. The number of aliphatic hydroxyl groups excluding tert-OH is 1. The Morgan fingerprint density at radius 1 is 1.40 bits per heavy atom. The highest BCUT2D eigenvalue weighted by atomic mass is 16.3. The van der Waals surface area contributed by atoms with Crippen LogP contribution in [0.4, 0.5) is 0 Å². The van der Waals surface area contributed by atoms with Crippen molar-refractivity contribution >= 4 is 0 Å². The van der Waals surface area contributed by atoms with Crippen LogP contribution in [0.1, 0.15) is 51.0 Å². The van der Waals surface area contributed by atoms with Crippen molar-refractivity contribution in [3.8, 4) is 0 Å². The van der Waals surface area contributed by atoms with Gasteiger partial charge in [0.25, 0.3) is 0 Å². The van der Waals surface area contributed by atoms with Crippen LogP contribution in [0.3, 0.4) is 0 Å². The molecule has 0 aromatic carbocycles. The monoisotopic (exact) mass is 207 g/mol. The topological polar surface area (TPSA) is 33.1 Å². The van der Waals surface area contributed by atoms with Gasteiger partial charge >= 0.3 is 0 Å². The number of rotatable bonds is 3. The molecule has 1 unspecified atom stereocenters. The Morgan fingerprint density at radius 3 is 2.60 bits per heavy atom.